The highest BCUT2D eigenvalue weighted by Gasteiger charge is 2.46. The number of halogens is 5. The lowest BCUT2D eigenvalue weighted by molar-refractivity contribution is -0.178. The average molecular weight is 536 g/mol. The second-order valence-corrected chi connectivity index (χ2v) is 9.50. The van der Waals surface area contributed by atoms with Gasteiger partial charge in [0.2, 0.25) is 0 Å². The molecule has 3 N–H and O–H groups in total. The quantitative estimate of drug-likeness (QED) is 0.414. The third-order valence-corrected chi connectivity index (χ3v) is 7.30. The summed E-state index contributed by atoms with van der Waals surface area (Å²) in [7, 11) is 0. The highest BCUT2D eigenvalue weighted by Crippen LogP contribution is 2.37. The Morgan fingerprint density at radius 1 is 1.03 bits per heavy atom. The first kappa shape index (κ1) is 25.2. The molecule has 2 unspecified atom stereocenters. The third kappa shape index (κ3) is 5.06. The van der Waals surface area contributed by atoms with Crippen LogP contribution >= 0.6 is 35.0 Å². The zero-order chi connectivity index (χ0) is 24.6. The van der Waals surface area contributed by atoms with Crippen molar-refractivity contribution in [1.29, 1.82) is 0 Å². The van der Waals surface area contributed by atoms with Crippen LogP contribution in [-0.2, 0) is 10.5 Å². The van der Waals surface area contributed by atoms with Crippen molar-refractivity contribution in [2.24, 2.45) is 0 Å². The van der Waals surface area contributed by atoms with Crippen LogP contribution < -0.4 is 0 Å². The normalized spacial score (nSPS) is 25.0. The van der Waals surface area contributed by atoms with E-state index in [2.05, 4.69) is 10.3 Å². The molecule has 13 heteroatoms. The number of ether oxygens (including phenoxy) is 1. The first-order valence-electron chi connectivity index (χ1n) is 9.94. The molecular weight excluding hydrogens is 518 g/mol. The molecule has 1 aliphatic heterocycles. The Morgan fingerprint density at radius 2 is 1.74 bits per heavy atom. The average Bonchev–Trinajstić information content (AvgIpc) is 3.29. The van der Waals surface area contributed by atoms with Gasteiger partial charge >= 0.3 is 0 Å². The molecule has 1 aromatic heterocycles. The maximum atomic E-state index is 13.6. The van der Waals surface area contributed by atoms with Crippen LogP contribution in [-0.4, -0.2) is 60.7 Å². The Bertz CT molecular complexity index is 1160. The molecule has 3 aromatic rings. The number of hydrogen-bond acceptors (Lipinski definition) is 7. The molecule has 7 nitrogen and oxygen atoms in total. The van der Waals surface area contributed by atoms with E-state index in [4.69, 9.17) is 27.9 Å². The van der Waals surface area contributed by atoms with Gasteiger partial charge in [-0.3, -0.25) is 0 Å². The van der Waals surface area contributed by atoms with Crippen LogP contribution in [0.25, 0.3) is 11.3 Å². The number of aliphatic hydroxyl groups excluding tert-OH is 3. The minimum atomic E-state index is -1.61. The highest BCUT2D eigenvalue weighted by molar-refractivity contribution is 7.99. The minimum absolute atomic E-state index is 0.00995. The van der Waals surface area contributed by atoms with Crippen molar-refractivity contribution in [3.8, 4) is 11.3 Å². The van der Waals surface area contributed by atoms with Crippen molar-refractivity contribution >= 4 is 35.0 Å². The van der Waals surface area contributed by atoms with Gasteiger partial charge < -0.3 is 20.1 Å². The Kier molecular flexibility index (Phi) is 7.72. The van der Waals surface area contributed by atoms with Gasteiger partial charge in [0.15, 0.2) is 17.5 Å². The number of aliphatic hydroxyl groups is 3. The summed E-state index contributed by atoms with van der Waals surface area (Å²) >= 11 is 13.2. The molecule has 5 atom stereocenters. The first-order valence-corrected chi connectivity index (χ1v) is 11.7. The van der Waals surface area contributed by atoms with E-state index in [0.29, 0.717) is 15.8 Å². The van der Waals surface area contributed by atoms with E-state index in [-0.39, 0.29) is 11.3 Å². The molecule has 0 aliphatic carbocycles. The van der Waals surface area contributed by atoms with E-state index < -0.39 is 53.8 Å². The molecule has 182 valence electrons. The van der Waals surface area contributed by atoms with Crippen LogP contribution in [0.2, 0.25) is 10.0 Å². The summed E-state index contributed by atoms with van der Waals surface area (Å²) in [5.41, 5.74) is -0.164. The number of aromatic nitrogens is 3. The summed E-state index contributed by atoms with van der Waals surface area (Å²) in [4.78, 5) is 0. The molecule has 0 saturated carbocycles. The van der Waals surface area contributed by atoms with Crippen LogP contribution in [0.3, 0.4) is 0 Å². The van der Waals surface area contributed by atoms with Crippen molar-refractivity contribution < 1.29 is 33.2 Å². The summed E-state index contributed by atoms with van der Waals surface area (Å²) in [6.07, 6.45) is -2.48. The third-order valence-electron chi connectivity index (χ3n) is 5.34. The van der Waals surface area contributed by atoms with E-state index in [1.807, 2.05) is 0 Å². The zero-order valence-electron chi connectivity index (χ0n) is 17.2. The smallest absolute Gasteiger partial charge is 0.194 e. The maximum Gasteiger partial charge on any atom is 0.194 e. The van der Waals surface area contributed by atoms with E-state index in [9.17, 15) is 28.5 Å². The number of nitrogens with zero attached hydrogens (tertiary/aromatic N) is 3. The molecule has 2 heterocycles. The monoisotopic (exact) mass is 535 g/mol. The molecule has 0 radical (unpaired) electrons. The van der Waals surface area contributed by atoms with Crippen molar-refractivity contribution in [1.82, 2.24) is 15.0 Å². The van der Waals surface area contributed by atoms with E-state index in [0.717, 1.165) is 22.4 Å². The number of benzene rings is 2. The number of thioether (sulfide) groups is 1. The fourth-order valence-electron chi connectivity index (χ4n) is 3.58. The highest BCUT2D eigenvalue weighted by atomic mass is 35.5. The van der Waals surface area contributed by atoms with Crippen molar-refractivity contribution in [2.45, 2.75) is 35.5 Å². The van der Waals surface area contributed by atoms with E-state index in [1.54, 1.807) is 18.2 Å². The van der Waals surface area contributed by atoms with Gasteiger partial charge in [-0.25, -0.2) is 17.9 Å². The van der Waals surface area contributed by atoms with Gasteiger partial charge in [0.1, 0.15) is 35.5 Å². The van der Waals surface area contributed by atoms with Crippen molar-refractivity contribution in [3.63, 3.8) is 0 Å². The Balaban J connectivity index is 1.57. The Labute approximate surface area is 206 Å². The lowest BCUT2D eigenvalue weighted by Crippen LogP contribution is -2.55. The van der Waals surface area contributed by atoms with Crippen LogP contribution in [0, 0.1) is 17.5 Å². The fraction of sp³-hybridized carbons (Fsp3) is 0.333. The summed E-state index contributed by atoms with van der Waals surface area (Å²) in [6, 6.07) is 5.49. The predicted molar refractivity (Wildman–Crippen MR) is 120 cm³/mol. The predicted octanol–water partition coefficient (Wildman–Crippen LogP) is 3.58. The van der Waals surface area contributed by atoms with Gasteiger partial charge in [-0.15, -0.1) is 16.9 Å². The van der Waals surface area contributed by atoms with Crippen LogP contribution in [0.1, 0.15) is 11.6 Å². The molecular formula is C21H18Cl2F3N3O4S. The Hall–Kier alpha value is -1.86. The van der Waals surface area contributed by atoms with Gasteiger partial charge in [0.05, 0.1) is 22.8 Å². The largest absolute Gasteiger partial charge is 0.394 e. The molecule has 0 spiro atoms. The van der Waals surface area contributed by atoms with E-state index in [1.165, 1.54) is 18.0 Å². The standard InChI is InChI=1S/C21H18Cl2F3N3O4S/c22-11-2-1-9(3-12(11)23)8-34-21-20(32)18(19(31)16(7-30)33-21)29-6-15(27-28-29)10-4-13(24)17(26)14(25)5-10/h1-6,16,18-21,30-32H,7-8H2/t16?,18-,19-,20?,21+/m0/s1. The summed E-state index contributed by atoms with van der Waals surface area (Å²) in [5.74, 6) is -4.03. The SMILES string of the molecule is OCC1O[C@H](SCc2ccc(Cl)c(Cl)c2)C(O)[C@@H](n2cc(-c3cc(F)c(F)c(F)c3)nn2)[C@H]1O. The topological polar surface area (TPSA) is 101 Å². The van der Waals surface area contributed by atoms with Crippen molar-refractivity contribution in [3.05, 3.63) is 69.6 Å². The van der Waals surface area contributed by atoms with Gasteiger partial charge in [-0.2, -0.15) is 0 Å². The molecule has 34 heavy (non-hydrogen) atoms. The number of rotatable bonds is 6. The molecule has 4 rings (SSSR count). The van der Waals surface area contributed by atoms with Gasteiger partial charge in [-0.05, 0) is 29.8 Å². The lowest BCUT2D eigenvalue weighted by atomic mass is 9.97. The van der Waals surface area contributed by atoms with Crippen LogP contribution in [0.4, 0.5) is 13.2 Å². The number of hydrogen-bond donors (Lipinski definition) is 3. The fourth-order valence-corrected chi connectivity index (χ4v) is 5.02. The summed E-state index contributed by atoms with van der Waals surface area (Å²) in [6.45, 7) is -0.538. The summed E-state index contributed by atoms with van der Waals surface area (Å²) < 4.78 is 47.3. The molecule has 2 aromatic carbocycles. The van der Waals surface area contributed by atoms with Crippen LogP contribution in [0.5, 0.6) is 0 Å². The second kappa shape index (κ2) is 10.4. The first-order chi connectivity index (χ1) is 16.2. The lowest BCUT2D eigenvalue weighted by Gasteiger charge is -2.41. The molecule has 1 aliphatic rings. The molecule has 0 amide bonds. The van der Waals surface area contributed by atoms with E-state index >= 15 is 0 Å². The molecule has 1 saturated heterocycles. The Morgan fingerprint density at radius 3 is 2.38 bits per heavy atom. The zero-order valence-corrected chi connectivity index (χ0v) is 19.5. The van der Waals surface area contributed by atoms with Crippen molar-refractivity contribution in [2.75, 3.05) is 6.61 Å². The van der Waals surface area contributed by atoms with Gasteiger partial charge in [0, 0.05) is 11.3 Å². The van der Waals surface area contributed by atoms with Gasteiger partial charge in [-0.1, -0.05) is 34.5 Å². The van der Waals surface area contributed by atoms with Gasteiger partial charge in [0.25, 0.3) is 0 Å². The minimum Gasteiger partial charge on any atom is -0.394 e. The second-order valence-electron chi connectivity index (χ2n) is 7.59. The summed E-state index contributed by atoms with van der Waals surface area (Å²) in [5, 5.41) is 39.8. The molecule has 1 fully saturated rings. The van der Waals surface area contributed by atoms with Crippen LogP contribution in [0.15, 0.2) is 36.5 Å². The maximum absolute atomic E-state index is 13.6. The molecule has 0 bridgehead atoms.